The summed E-state index contributed by atoms with van der Waals surface area (Å²) >= 11 is 0. The number of hydrogen-bond acceptors (Lipinski definition) is 14. The van der Waals surface area contributed by atoms with Crippen LogP contribution in [0.15, 0.2) is 30.3 Å². The van der Waals surface area contributed by atoms with Crippen LogP contribution in [-0.4, -0.2) is 109 Å². The third-order valence-corrected chi connectivity index (χ3v) is 6.31. The largest absolute Gasteiger partial charge is 0.456 e. The Morgan fingerprint density at radius 2 is 1.43 bits per heavy atom. The average molecular weight is 595 g/mol. The van der Waals surface area contributed by atoms with Gasteiger partial charge in [-0.2, -0.15) is 0 Å². The Labute approximate surface area is 242 Å². The Hall–Kier alpha value is -3.58. The van der Waals surface area contributed by atoms with Crippen molar-refractivity contribution < 1.29 is 67.3 Å². The molecule has 0 bridgehead atoms. The zero-order valence-corrected chi connectivity index (χ0v) is 23.4. The summed E-state index contributed by atoms with van der Waals surface area (Å²) in [5.74, 6) is -0.904. The Morgan fingerprint density at radius 3 is 2.00 bits per heavy atom. The number of hydrogen-bond donors (Lipinski definition) is 2. The highest BCUT2D eigenvalue weighted by Gasteiger charge is 2.55. The molecule has 2 aliphatic heterocycles. The highest BCUT2D eigenvalue weighted by atomic mass is 16.8. The molecule has 14 heteroatoms. The molecule has 0 saturated carbocycles. The topological polar surface area (TPSA) is 183 Å². The van der Waals surface area contributed by atoms with Crippen LogP contribution in [0.5, 0.6) is 0 Å². The maximum atomic E-state index is 13.0. The summed E-state index contributed by atoms with van der Waals surface area (Å²) in [6.07, 6.45) is -8.70. The van der Waals surface area contributed by atoms with Crippen molar-refractivity contribution in [2.24, 2.45) is 0 Å². The molecule has 2 N–H and O–H groups in total. The van der Waals surface area contributed by atoms with Crippen molar-refractivity contribution in [1.82, 2.24) is 0 Å². The van der Waals surface area contributed by atoms with Gasteiger partial charge in [0.1, 0.15) is 18.8 Å². The van der Waals surface area contributed by atoms with Gasteiger partial charge in [0.2, 0.25) is 0 Å². The first-order valence-corrected chi connectivity index (χ1v) is 13.0. The van der Waals surface area contributed by atoms with Gasteiger partial charge in [-0.15, -0.1) is 6.42 Å². The Bertz CT molecular complexity index is 1130. The number of esters is 4. The molecule has 2 aliphatic rings. The quantitative estimate of drug-likeness (QED) is 0.207. The predicted octanol–water partition coefficient (Wildman–Crippen LogP) is -0.135. The number of aliphatic hydroxyl groups is 2. The first-order chi connectivity index (χ1) is 20.0. The average Bonchev–Trinajstić information content (AvgIpc) is 2.93. The van der Waals surface area contributed by atoms with E-state index in [9.17, 15) is 29.4 Å². The molecule has 230 valence electrons. The Balaban J connectivity index is 2.02. The fraction of sp³-hybridized carbons (Fsp3) is 0.571. The standard InChI is InChI=1S/C28H34O14/c1-6-12-35-27-24(22(20(33)19(13-29)40-27)41-26(34)18-10-8-7-9-11-18)42-28-25(39-17(5)32)23(38-16(4)31)21(14(2)36-28)37-15(3)30/h1,7-11,14,19-25,27-29,33H,12-13H2,2-5H3/t14-,19+,20+,21-,22-,23+,24+,25+,27+,28-/m0/s1. The molecule has 0 radical (unpaired) electrons. The molecule has 42 heavy (non-hydrogen) atoms. The van der Waals surface area contributed by atoms with Crippen molar-refractivity contribution in [2.75, 3.05) is 13.2 Å². The number of terminal acetylenes is 1. The lowest BCUT2D eigenvalue weighted by Crippen LogP contribution is -2.66. The minimum Gasteiger partial charge on any atom is -0.456 e. The van der Waals surface area contributed by atoms with Crippen molar-refractivity contribution in [2.45, 2.75) is 89.1 Å². The van der Waals surface area contributed by atoms with Gasteiger partial charge in [0.05, 0.1) is 18.3 Å². The number of carbonyl (C=O) groups excluding carboxylic acids is 4. The molecule has 3 rings (SSSR count). The lowest BCUT2D eigenvalue weighted by Gasteiger charge is -2.47. The van der Waals surface area contributed by atoms with Gasteiger partial charge in [0.15, 0.2) is 43.1 Å². The van der Waals surface area contributed by atoms with E-state index in [1.54, 1.807) is 18.2 Å². The second-order valence-electron chi connectivity index (χ2n) is 9.50. The van der Waals surface area contributed by atoms with Crippen LogP contribution in [-0.2, 0) is 52.3 Å². The number of aliphatic hydroxyl groups excluding tert-OH is 2. The smallest absolute Gasteiger partial charge is 0.338 e. The third-order valence-electron chi connectivity index (χ3n) is 6.31. The van der Waals surface area contributed by atoms with Crippen LogP contribution < -0.4 is 0 Å². The zero-order chi connectivity index (χ0) is 31.0. The second-order valence-corrected chi connectivity index (χ2v) is 9.50. The molecule has 14 nitrogen and oxygen atoms in total. The first kappa shape index (κ1) is 32.9. The van der Waals surface area contributed by atoms with Gasteiger partial charge in [0, 0.05) is 20.8 Å². The van der Waals surface area contributed by atoms with Gasteiger partial charge in [-0.05, 0) is 19.1 Å². The summed E-state index contributed by atoms with van der Waals surface area (Å²) in [5, 5.41) is 20.9. The highest BCUT2D eigenvalue weighted by Crippen LogP contribution is 2.34. The number of rotatable bonds is 10. The van der Waals surface area contributed by atoms with E-state index < -0.39 is 91.9 Å². The van der Waals surface area contributed by atoms with Gasteiger partial charge in [-0.3, -0.25) is 14.4 Å². The van der Waals surface area contributed by atoms with E-state index in [-0.39, 0.29) is 12.2 Å². The Kier molecular flexibility index (Phi) is 11.8. The monoisotopic (exact) mass is 594 g/mol. The van der Waals surface area contributed by atoms with E-state index in [0.29, 0.717) is 0 Å². The molecular weight excluding hydrogens is 560 g/mol. The summed E-state index contributed by atoms with van der Waals surface area (Å²) in [6, 6.07) is 7.88. The van der Waals surface area contributed by atoms with Crippen molar-refractivity contribution >= 4 is 23.9 Å². The van der Waals surface area contributed by atoms with Gasteiger partial charge < -0.3 is 48.1 Å². The van der Waals surface area contributed by atoms with E-state index in [0.717, 1.165) is 20.8 Å². The maximum absolute atomic E-state index is 13.0. The molecule has 0 amide bonds. The molecular formula is C28H34O14. The van der Waals surface area contributed by atoms with Gasteiger partial charge in [-0.25, -0.2) is 4.79 Å². The van der Waals surface area contributed by atoms with Crippen LogP contribution in [0.1, 0.15) is 38.1 Å². The molecule has 2 saturated heterocycles. The van der Waals surface area contributed by atoms with Crippen LogP contribution in [0.4, 0.5) is 0 Å². The fourth-order valence-corrected chi connectivity index (χ4v) is 4.58. The lowest BCUT2D eigenvalue weighted by atomic mass is 9.96. The molecule has 2 fully saturated rings. The van der Waals surface area contributed by atoms with Crippen molar-refractivity contribution in [3.8, 4) is 12.3 Å². The summed E-state index contributed by atoms with van der Waals surface area (Å²) in [4.78, 5) is 49.0. The predicted molar refractivity (Wildman–Crippen MR) is 138 cm³/mol. The molecule has 0 aromatic heterocycles. The van der Waals surface area contributed by atoms with E-state index in [4.69, 9.17) is 44.3 Å². The molecule has 1 aromatic rings. The molecule has 2 heterocycles. The van der Waals surface area contributed by atoms with Gasteiger partial charge >= 0.3 is 23.9 Å². The summed E-state index contributed by atoms with van der Waals surface area (Å²) in [5.41, 5.74) is 0.149. The summed E-state index contributed by atoms with van der Waals surface area (Å²) in [6.45, 7) is 3.83. The normalized spacial score (nSPS) is 32.6. The molecule has 10 atom stereocenters. The Morgan fingerprint density at radius 1 is 0.833 bits per heavy atom. The minimum atomic E-state index is -1.63. The van der Waals surface area contributed by atoms with Crippen LogP contribution in [0.25, 0.3) is 0 Å². The van der Waals surface area contributed by atoms with Crippen molar-refractivity contribution in [3.05, 3.63) is 35.9 Å². The number of benzene rings is 1. The SMILES string of the molecule is C#CCO[C@@H]1O[C@H](CO)[C@@H](O)[C@H](OC(=O)c2ccccc2)[C@H]1O[C@@H]1O[C@@H](C)[C@H](OC(C)=O)[C@@H](OC(C)=O)[C@H]1OC(C)=O. The zero-order valence-electron chi connectivity index (χ0n) is 23.4. The first-order valence-electron chi connectivity index (χ1n) is 13.0. The minimum absolute atomic E-state index is 0.149. The van der Waals surface area contributed by atoms with Gasteiger partial charge in [-0.1, -0.05) is 24.1 Å². The summed E-state index contributed by atoms with van der Waals surface area (Å²) < 4.78 is 45.1. The summed E-state index contributed by atoms with van der Waals surface area (Å²) in [7, 11) is 0. The number of ether oxygens (including phenoxy) is 8. The van der Waals surface area contributed by atoms with E-state index in [2.05, 4.69) is 5.92 Å². The fourth-order valence-electron chi connectivity index (χ4n) is 4.58. The molecule has 0 unspecified atom stereocenters. The highest BCUT2D eigenvalue weighted by molar-refractivity contribution is 5.89. The molecule has 0 spiro atoms. The van der Waals surface area contributed by atoms with Crippen LogP contribution >= 0.6 is 0 Å². The molecule has 0 aliphatic carbocycles. The van der Waals surface area contributed by atoms with Crippen molar-refractivity contribution in [1.29, 1.82) is 0 Å². The van der Waals surface area contributed by atoms with Crippen molar-refractivity contribution in [3.63, 3.8) is 0 Å². The van der Waals surface area contributed by atoms with Crippen LogP contribution in [0.3, 0.4) is 0 Å². The van der Waals surface area contributed by atoms with E-state index in [1.165, 1.54) is 19.1 Å². The second kappa shape index (κ2) is 15.1. The van der Waals surface area contributed by atoms with E-state index in [1.807, 2.05) is 0 Å². The molecule has 1 aromatic carbocycles. The van der Waals surface area contributed by atoms with Crippen LogP contribution in [0.2, 0.25) is 0 Å². The van der Waals surface area contributed by atoms with Crippen LogP contribution in [0, 0.1) is 12.3 Å². The van der Waals surface area contributed by atoms with E-state index >= 15 is 0 Å². The maximum Gasteiger partial charge on any atom is 0.338 e. The number of carbonyl (C=O) groups is 4. The third kappa shape index (κ3) is 8.25. The van der Waals surface area contributed by atoms with Gasteiger partial charge in [0.25, 0.3) is 0 Å². The lowest BCUT2D eigenvalue weighted by molar-refractivity contribution is -0.363.